The van der Waals surface area contributed by atoms with E-state index < -0.39 is 0 Å². The van der Waals surface area contributed by atoms with Gasteiger partial charge in [-0.1, -0.05) is 11.6 Å². The molecule has 2 aromatic heterocycles. The van der Waals surface area contributed by atoms with Gasteiger partial charge in [0, 0.05) is 31.7 Å². The number of fused-ring (bicyclic) bond motifs is 1. The van der Waals surface area contributed by atoms with E-state index in [2.05, 4.69) is 31.8 Å². The van der Waals surface area contributed by atoms with Crippen molar-refractivity contribution in [2.24, 2.45) is 0 Å². The number of benzene rings is 1. The lowest BCUT2D eigenvalue weighted by Gasteiger charge is -2.26. The van der Waals surface area contributed by atoms with E-state index in [0.29, 0.717) is 6.54 Å². The summed E-state index contributed by atoms with van der Waals surface area (Å²) in [6.07, 6.45) is 5.65. The number of aryl methyl sites for hydroxylation is 1. The molecule has 3 aromatic rings. The Morgan fingerprint density at radius 3 is 2.71 bits per heavy atom. The van der Waals surface area contributed by atoms with E-state index in [1.165, 1.54) is 24.8 Å². The number of hydrogen-bond donors (Lipinski definition) is 2. The Morgan fingerprint density at radius 2 is 2.00 bits per heavy atom. The highest BCUT2D eigenvalue weighted by Gasteiger charge is 2.11. The first kappa shape index (κ1) is 19.7. The maximum atomic E-state index is 11.0. The molecular weight excluding hydrogens is 354 g/mol. The van der Waals surface area contributed by atoms with Crippen LogP contribution in [0, 0.1) is 6.92 Å². The lowest BCUT2D eigenvalue weighted by molar-refractivity contribution is 0.241. The zero-order valence-corrected chi connectivity index (χ0v) is 16.4. The van der Waals surface area contributed by atoms with Gasteiger partial charge in [0.2, 0.25) is 0 Å². The zero-order chi connectivity index (χ0) is 19.8. The highest BCUT2D eigenvalue weighted by molar-refractivity contribution is 5.79. The molecule has 1 aliphatic heterocycles. The molecule has 28 heavy (non-hydrogen) atoms. The van der Waals surface area contributed by atoms with Crippen LogP contribution < -0.4 is 15.5 Å². The van der Waals surface area contributed by atoms with Gasteiger partial charge in [0.1, 0.15) is 11.3 Å². The molecule has 0 bridgehead atoms. The van der Waals surface area contributed by atoms with Crippen LogP contribution in [0.2, 0.25) is 0 Å². The molecule has 4 rings (SSSR count). The van der Waals surface area contributed by atoms with Crippen molar-refractivity contribution in [3.05, 3.63) is 53.9 Å². The quantitative estimate of drug-likeness (QED) is 0.724. The fourth-order valence-electron chi connectivity index (χ4n) is 3.15. The van der Waals surface area contributed by atoms with Crippen LogP contribution in [0.15, 0.2) is 47.0 Å². The number of amides is 2. The SMILES string of the molecule is CNC(=O)NCc1cc2cc(C)ccc2o1.c1cnnc(N2CCCCC2)c1. The molecule has 7 nitrogen and oxygen atoms in total. The molecule has 2 amide bonds. The number of carbonyl (C=O) groups is 1. The maximum absolute atomic E-state index is 11.0. The number of nitrogens with one attached hydrogen (secondary N) is 2. The number of rotatable bonds is 3. The third kappa shape index (κ3) is 5.45. The van der Waals surface area contributed by atoms with Gasteiger partial charge in [0.15, 0.2) is 5.82 Å². The molecule has 0 saturated carbocycles. The summed E-state index contributed by atoms with van der Waals surface area (Å²) in [6, 6.07) is 11.7. The number of piperidine rings is 1. The standard InChI is InChI=1S/C12H14N2O2.C9H13N3/c1-8-3-4-11-9(5-8)6-10(16-11)7-14-12(15)13-2;1-2-7-12(8-3-1)9-5-4-6-10-11-9/h3-6H,7H2,1-2H3,(H2,13,14,15);4-6H,1-3,7-8H2. The van der Waals surface area contributed by atoms with Crippen molar-refractivity contribution in [3.8, 4) is 0 Å². The van der Waals surface area contributed by atoms with Gasteiger partial charge in [-0.2, -0.15) is 5.10 Å². The molecule has 0 unspecified atom stereocenters. The van der Waals surface area contributed by atoms with Crippen LogP contribution in [0.3, 0.4) is 0 Å². The van der Waals surface area contributed by atoms with Gasteiger partial charge >= 0.3 is 6.03 Å². The molecule has 3 heterocycles. The van der Waals surface area contributed by atoms with Crippen molar-refractivity contribution in [2.75, 3.05) is 25.0 Å². The minimum absolute atomic E-state index is 0.211. The Hall–Kier alpha value is -3.09. The van der Waals surface area contributed by atoms with Crippen LogP contribution in [0.25, 0.3) is 11.0 Å². The third-order valence-corrected chi connectivity index (χ3v) is 4.61. The van der Waals surface area contributed by atoms with Crippen LogP contribution in [0.4, 0.5) is 10.6 Å². The molecule has 0 spiro atoms. The van der Waals surface area contributed by atoms with Crippen LogP contribution in [-0.4, -0.2) is 36.4 Å². The number of carbonyl (C=O) groups excluding carboxylic acids is 1. The van der Waals surface area contributed by atoms with Gasteiger partial charge in [-0.05, 0) is 56.5 Å². The first-order valence-corrected chi connectivity index (χ1v) is 9.63. The maximum Gasteiger partial charge on any atom is 0.314 e. The van der Waals surface area contributed by atoms with Gasteiger partial charge in [0.25, 0.3) is 0 Å². The molecule has 0 aliphatic carbocycles. The topological polar surface area (TPSA) is 83.3 Å². The van der Waals surface area contributed by atoms with Crippen molar-refractivity contribution in [2.45, 2.75) is 32.7 Å². The summed E-state index contributed by atoms with van der Waals surface area (Å²) in [5.74, 6) is 1.78. The Kier molecular flexibility index (Phi) is 6.84. The van der Waals surface area contributed by atoms with Crippen LogP contribution >= 0.6 is 0 Å². The molecule has 1 saturated heterocycles. The Labute approximate surface area is 165 Å². The largest absolute Gasteiger partial charge is 0.459 e. The van der Waals surface area contributed by atoms with Crippen molar-refractivity contribution in [3.63, 3.8) is 0 Å². The van der Waals surface area contributed by atoms with Crippen molar-refractivity contribution >= 4 is 22.8 Å². The van der Waals surface area contributed by atoms with Gasteiger partial charge in [0.05, 0.1) is 6.54 Å². The van der Waals surface area contributed by atoms with E-state index in [1.54, 1.807) is 13.2 Å². The molecular formula is C21H27N5O2. The summed E-state index contributed by atoms with van der Waals surface area (Å²) in [7, 11) is 1.58. The molecule has 1 aliphatic rings. The molecule has 0 radical (unpaired) electrons. The Balaban J connectivity index is 0.000000167. The summed E-state index contributed by atoms with van der Waals surface area (Å²) in [5, 5.41) is 14.2. The van der Waals surface area contributed by atoms with Gasteiger partial charge in [-0.25, -0.2) is 4.79 Å². The fourth-order valence-corrected chi connectivity index (χ4v) is 3.15. The van der Waals surface area contributed by atoms with E-state index in [1.807, 2.05) is 37.3 Å². The van der Waals surface area contributed by atoms with Gasteiger partial charge in [-0.15, -0.1) is 5.10 Å². The van der Waals surface area contributed by atoms with Gasteiger partial charge < -0.3 is 20.0 Å². The minimum atomic E-state index is -0.211. The lowest BCUT2D eigenvalue weighted by Crippen LogP contribution is -2.31. The van der Waals surface area contributed by atoms with E-state index in [4.69, 9.17) is 4.42 Å². The summed E-state index contributed by atoms with van der Waals surface area (Å²) >= 11 is 0. The number of aromatic nitrogens is 2. The van der Waals surface area contributed by atoms with E-state index in [0.717, 1.165) is 35.6 Å². The van der Waals surface area contributed by atoms with E-state index in [-0.39, 0.29) is 6.03 Å². The zero-order valence-electron chi connectivity index (χ0n) is 16.4. The predicted molar refractivity (Wildman–Crippen MR) is 110 cm³/mol. The highest BCUT2D eigenvalue weighted by atomic mass is 16.3. The van der Waals surface area contributed by atoms with Gasteiger partial charge in [-0.3, -0.25) is 0 Å². The van der Waals surface area contributed by atoms with Crippen molar-refractivity contribution < 1.29 is 9.21 Å². The number of urea groups is 1. The van der Waals surface area contributed by atoms with Crippen molar-refractivity contribution in [1.29, 1.82) is 0 Å². The molecule has 0 atom stereocenters. The van der Waals surface area contributed by atoms with E-state index >= 15 is 0 Å². The van der Waals surface area contributed by atoms with Crippen LogP contribution in [0.5, 0.6) is 0 Å². The lowest BCUT2D eigenvalue weighted by atomic mass is 10.1. The second-order valence-electron chi connectivity index (χ2n) is 6.82. The molecule has 2 N–H and O–H groups in total. The van der Waals surface area contributed by atoms with E-state index in [9.17, 15) is 4.79 Å². The summed E-state index contributed by atoms with van der Waals surface area (Å²) < 4.78 is 5.58. The number of furan rings is 1. The molecule has 1 fully saturated rings. The summed E-state index contributed by atoms with van der Waals surface area (Å²) in [4.78, 5) is 13.3. The second-order valence-corrected chi connectivity index (χ2v) is 6.82. The second kappa shape index (κ2) is 9.73. The third-order valence-electron chi connectivity index (χ3n) is 4.61. The van der Waals surface area contributed by atoms with Crippen LogP contribution in [0.1, 0.15) is 30.6 Å². The van der Waals surface area contributed by atoms with Crippen molar-refractivity contribution in [1.82, 2.24) is 20.8 Å². The predicted octanol–water partition coefficient (Wildman–Crippen LogP) is 3.64. The molecule has 1 aromatic carbocycles. The summed E-state index contributed by atoms with van der Waals surface area (Å²) in [5.41, 5.74) is 2.04. The normalized spacial score (nSPS) is 13.6. The monoisotopic (exact) mass is 381 g/mol. The average Bonchev–Trinajstić information content (AvgIpc) is 3.16. The Morgan fingerprint density at radius 1 is 1.18 bits per heavy atom. The molecule has 148 valence electrons. The smallest absolute Gasteiger partial charge is 0.314 e. The Bertz CT molecular complexity index is 888. The number of anilines is 1. The number of hydrogen-bond acceptors (Lipinski definition) is 5. The summed E-state index contributed by atoms with van der Waals surface area (Å²) in [6.45, 7) is 4.71. The number of nitrogens with zero attached hydrogens (tertiary/aromatic N) is 3. The molecule has 7 heteroatoms. The van der Waals surface area contributed by atoms with Crippen LogP contribution in [-0.2, 0) is 6.54 Å². The first-order valence-electron chi connectivity index (χ1n) is 9.63. The minimum Gasteiger partial charge on any atom is -0.459 e. The highest BCUT2D eigenvalue weighted by Crippen LogP contribution is 2.20. The first-order chi connectivity index (χ1) is 13.7. The average molecular weight is 381 g/mol. The fraction of sp³-hybridized carbons (Fsp3) is 0.381.